The van der Waals surface area contributed by atoms with E-state index >= 15 is 0 Å². The number of anilines is 2. The molecule has 24 heavy (non-hydrogen) atoms. The van der Waals surface area contributed by atoms with E-state index in [1.807, 2.05) is 0 Å². The number of nitrogens with two attached hydrogens (primary N) is 2. The SMILES string of the molecule is Cc1c(F)c(N)c2c(=O)cc(-c3cc(Cl)c(N)c(Cl)c3)oc2c1F. The predicted molar refractivity (Wildman–Crippen MR) is 91.4 cm³/mol. The Hall–Kier alpha value is -2.31. The van der Waals surface area contributed by atoms with Crippen molar-refractivity contribution in [3.63, 3.8) is 0 Å². The average Bonchev–Trinajstić information content (AvgIpc) is 2.54. The molecule has 0 saturated heterocycles. The van der Waals surface area contributed by atoms with E-state index in [2.05, 4.69) is 0 Å². The van der Waals surface area contributed by atoms with Gasteiger partial charge in [-0.1, -0.05) is 23.2 Å². The molecule has 3 aromatic rings. The molecule has 0 saturated carbocycles. The number of hydrogen-bond acceptors (Lipinski definition) is 4. The van der Waals surface area contributed by atoms with E-state index in [9.17, 15) is 13.6 Å². The minimum absolute atomic E-state index is 0.000563. The monoisotopic (exact) mass is 370 g/mol. The molecule has 0 radical (unpaired) electrons. The first-order chi connectivity index (χ1) is 11.2. The maximum Gasteiger partial charge on any atom is 0.195 e. The summed E-state index contributed by atoms with van der Waals surface area (Å²) in [6.45, 7) is 1.20. The summed E-state index contributed by atoms with van der Waals surface area (Å²) in [4.78, 5) is 12.3. The van der Waals surface area contributed by atoms with Crippen LogP contribution in [0.15, 0.2) is 27.4 Å². The Bertz CT molecular complexity index is 1040. The quantitative estimate of drug-likeness (QED) is 0.617. The third-order valence-electron chi connectivity index (χ3n) is 3.67. The molecule has 4 N–H and O–H groups in total. The number of hydrogen-bond donors (Lipinski definition) is 2. The van der Waals surface area contributed by atoms with Crippen LogP contribution < -0.4 is 16.9 Å². The van der Waals surface area contributed by atoms with Gasteiger partial charge in [-0.25, -0.2) is 8.78 Å². The smallest absolute Gasteiger partial charge is 0.195 e. The minimum Gasteiger partial charge on any atom is -0.453 e. The van der Waals surface area contributed by atoms with E-state index in [4.69, 9.17) is 39.1 Å². The zero-order chi connectivity index (χ0) is 17.8. The van der Waals surface area contributed by atoms with Crippen LogP contribution in [0.4, 0.5) is 20.2 Å². The summed E-state index contributed by atoms with van der Waals surface area (Å²) < 4.78 is 33.7. The molecule has 0 atom stereocenters. The Morgan fingerprint density at radius 1 is 1.00 bits per heavy atom. The Labute approximate surface area is 144 Å². The van der Waals surface area contributed by atoms with Gasteiger partial charge in [0.2, 0.25) is 0 Å². The molecule has 3 rings (SSSR count). The molecule has 2 aromatic carbocycles. The minimum atomic E-state index is -0.997. The number of nitrogen functional groups attached to an aromatic ring is 2. The summed E-state index contributed by atoms with van der Waals surface area (Å²) >= 11 is 11.9. The van der Waals surface area contributed by atoms with Gasteiger partial charge in [0.15, 0.2) is 22.6 Å². The number of benzene rings is 2. The van der Waals surface area contributed by atoms with Gasteiger partial charge in [0.05, 0.1) is 26.8 Å². The normalized spacial score (nSPS) is 11.2. The van der Waals surface area contributed by atoms with Gasteiger partial charge in [-0.05, 0) is 19.1 Å². The fraction of sp³-hybridized carbons (Fsp3) is 0.0625. The highest BCUT2D eigenvalue weighted by Gasteiger charge is 2.21. The van der Waals surface area contributed by atoms with E-state index < -0.39 is 28.3 Å². The van der Waals surface area contributed by atoms with Crippen LogP contribution in [0.2, 0.25) is 10.0 Å². The predicted octanol–water partition coefficient (Wildman–Crippen LogP) is 4.52. The average molecular weight is 371 g/mol. The van der Waals surface area contributed by atoms with Crippen LogP contribution >= 0.6 is 23.2 Å². The lowest BCUT2D eigenvalue weighted by Gasteiger charge is -2.10. The first kappa shape index (κ1) is 16.5. The zero-order valence-corrected chi connectivity index (χ0v) is 13.7. The lowest BCUT2D eigenvalue weighted by molar-refractivity contribution is 0.537. The molecule has 0 aliphatic rings. The largest absolute Gasteiger partial charge is 0.453 e. The summed E-state index contributed by atoms with van der Waals surface area (Å²) in [6, 6.07) is 3.90. The van der Waals surface area contributed by atoms with Crippen LogP contribution in [0.1, 0.15) is 5.56 Å². The highest BCUT2D eigenvalue weighted by atomic mass is 35.5. The molecule has 0 bridgehead atoms. The van der Waals surface area contributed by atoms with Crippen molar-refractivity contribution in [2.45, 2.75) is 6.92 Å². The molecule has 8 heteroatoms. The van der Waals surface area contributed by atoms with Crippen molar-refractivity contribution < 1.29 is 13.2 Å². The molecule has 0 fully saturated rings. The van der Waals surface area contributed by atoms with E-state index in [-0.39, 0.29) is 32.4 Å². The van der Waals surface area contributed by atoms with E-state index in [1.165, 1.54) is 19.1 Å². The number of rotatable bonds is 1. The van der Waals surface area contributed by atoms with Crippen molar-refractivity contribution in [3.8, 4) is 11.3 Å². The summed E-state index contributed by atoms with van der Waals surface area (Å²) in [5, 5.41) is -0.0574. The van der Waals surface area contributed by atoms with Gasteiger partial charge in [-0.2, -0.15) is 0 Å². The van der Waals surface area contributed by atoms with Crippen LogP contribution in [0, 0.1) is 18.6 Å². The summed E-state index contributed by atoms with van der Waals surface area (Å²) in [5.41, 5.74) is 9.80. The lowest BCUT2D eigenvalue weighted by Crippen LogP contribution is -2.09. The summed E-state index contributed by atoms with van der Waals surface area (Å²) in [7, 11) is 0. The van der Waals surface area contributed by atoms with Gasteiger partial charge in [-0.15, -0.1) is 0 Å². The van der Waals surface area contributed by atoms with E-state index in [0.29, 0.717) is 5.56 Å². The molecule has 0 spiro atoms. The number of fused-ring (bicyclic) bond motifs is 1. The van der Waals surface area contributed by atoms with E-state index in [1.54, 1.807) is 0 Å². The maximum atomic E-state index is 14.3. The third-order valence-corrected chi connectivity index (χ3v) is 4.30. The second-order valence-electron chi connectivity index (χ2n) is 5.20. The molecular formula is C16H10Cl2F2N2O2. The molecule has 0 amide bonds. The first-order valence-electron chi connectivity index (χ1n) is 6.68. The standard InChI is InChI=1S/C16H10Cl2F2N2O2/c1-5-12(19)15(22)11-9(23)4-10(24-16(11)13(5)20)6-2-7(17)14(21)8(18)3-6/h2-4H,21-22H2,1H3. The lowest BCUT2D eigenvalue weighted by atomic mass is 10.1. The van der Waals surface area contributed by atoms with Crippen molar-refractivity contribution in [1.82, 2.24) is 0 Å². The van der Waals surface area contributed by atoms with Crippen molar-refractivity contribution in [3.05, 3.63) is 55.7 Å². The van der Waals surface area contributed by atoms with Gasteiger partial charge in [0, 0.05) is 17.2 Å². The summed E-state index contributed by atoms with van der Waals surface area (Å²) in [6.07, 6.45) is 0. The molecular weight excluding hydrogens is 361 g/mol. The van der Waals surface area contributed by atoms with Crippen LogP contribution in [0.3, 0.4) is 0 Å². The first-order valence-corrected chi connectivity index (χ1v) is 7.43. The van der Waals surface area contributed by atoms with Crippen molar-refractivity contribution >= 4 is 45.5 Å². The van der Waals surface area contributed by atoms with Crippen LogP contribution in [-0.2, 0) is 0 Å². The Kier molecular flexibility index (Phi) is 3.89. The Balaban J connectivity index is 2.39. The van der Waals surface area contributed by atoms with Crippen LogP contribution in [0.5, 0.6) is 0 Å². The van der Waals surface area contributed by atoms with Crippen molar-refractivity contribution in [2.24, 2.45) is 0 Å². The molecule has 4 nitrogen and oxygen atoms in total. The molecule has 0 aliphatic heterocycles. The van der Waals surface area contributed by atoms with Crippen molar-refractivity contribution in [1.29, 1.82) is 0 Å². The number of halogens is 4. The Morgan fingerprint density at radius 3 is 2.17 bits per heavy atom. The molecule has 1 heterocycles. The van der Waals surface area contributed by atoms with Gasteiger partial charge in [0.25, 0.3) is 0 Å². The second kappa shape index (κ2) is 5.65. The maximum absolute atomic E-state index is 14.3. The van der Waals surface area contributed by atoms with Crippen LogP contribution in [0.25, 0.3) is 22.3 Å². The van der Waals surface area contributed by atoms with E-state index in [0.717, 1.165) is 6.07 Å². The van der Waals surface area contributed by atoms with Gasteiger partial charge >= 0.3 is 0 Å². The topological polar surface area (TPSA) is 82.2 Å². The molecule has 1 aromatic heterocycles. The third kappa shape index (κ3) is 2.39. The molecule has 0 aliphatic carbocycles. The highest BCUT2D eigenvalue weighted by molar-refractivity contribution is 6.39. The van der Waals surface area contributed by atoms with Crippen LogP contribution in [-0.4, -0.2) is 0 Å². The molecule has 124 valence electrons. The second-order valence-corrected chi connectivity index (χ2v) is 6.01. The fourth-order valence-corrected chi connectivity index (χ4v) is 2.84. The van der Waals surface area contributed by atoms with Gasteiger partial charge in [0.1, 0.15) is 5.76 Å². The van der Waals surface area contributed by atoms with Crippen molar-refractivity contribution in [2.75, 3.05) is 11.5 Å². The Morgan fingerprint density at radius 2 is 1.58 bits per heavy atom. The summed E-state index contributed by atoms with van der Waals surface area (Å²) in [5.74, 6) is -1.98. The van der Waals surface area contributed by atoms with Gasteiger partial charge in [-0.3, -0.25) is 4.79 Å². The highest BCUT2D eigenvalue weighted by Crippen LogP contribution is 2.35. The van der Waals surface area contributed by atoms with Gasteiger partial charge < -0.3 is 15.9 Å². The zero-order valence-electron chi connectivity index (χ0n) is 12.2. The molecule has 0 unspecified atom stereocenters. The fourth-order valence-electron chi connectivity index (χ4n) is 2.35.